The second-order valence-corrected chi connectivity index (χ2v) is 5.28. The van der Waals surface area contributed by atoms with Gasteiger partial charge in [-0.05, 0) is 36.5 Å². The van der Waals surface area contributed by atoms with Gasteiger partial charge in [-0.2, -0.15) is 0 Å². The van der Waals surface area contributed by atoms with Crippen LogP contribution in [0.25, 0.3) is 0 Å². The zero-order valence-electron chi connectivity index (χ0n) is 12.9. The third-order valence-corrected chi connectivity index (χ3v) is 3.50. The molecule has 0 bridgehead atoms. The molecule has 0 saturated carbocycles. The van der Waals surface area contributed by atoms with Gasteiger partial charge in [0.1, 0.15) is 5.75 Å². The topological polar surface area (TPSA) is 36.5 Å². The van der Waals surface area contributed by atoms with Crippen molar-refractivity contribution in [3.05, 3.63) is 54.6 Å². The minimum Gasteiger partial charge on any atom is -0.497 e. The van der Waals surface area contributed by atoms with Crippen LogP contribution >= 0.6 is 12.2 Å². The first-order chi connectivity index (χ1) is 10.7. The van der Waals surface area contributed by atoms with Crippen molar-refractivity contribution in [1.82, 2.24) is 5.32 Å². The predicted molar refractivity (Wildman–Crippen MR) is 96.9 cm³/mol. The van der Waals surface area contributed by atoms with E-state index in [1.807, 2.05) is 42.5 Å². The lowest BCUT2D eigenvalue weighted by molar-refractivity contribution is 0.415. The number of nitrogens with one attached hydrogen (secondary N) is 2. The maximum atomic E-state index is 5.30. The molecule has 5 heteroatoms. The summed E-state index contributed by atoms with van der Waals surface area (Å²) in [6, 6.07) is 17.9. The number of methoxy groups -OCH3 is 1. The van der Waals surface area contributed by atoms with Crippen LogP contribution in [0.15, 0.2) is 54.6 Å². The maximum absolute atomic E-state index is 5.30. The first kappa shape index (κ1) is 16.1. The fraction of sp³-hybridized carbons (Fsp3) is 0.235. The summed E-state index contributed by atoms with van der Waals surface area (Å²) >= 11 is 5.30. The van der Waals surface area contributed by atoms with Crippen LogP contribution in [0.2, 0.25) is 0 Å². The molecular formula is C17H21N3OS. The fourth-order valence-electron chi connectivity index (χ4n) is 2.02. The van der Waals surface area contributed by atoms with Crippen molar-refractivity contribution in [2.75, 3.05) is 37.5 Å². The quantitative estimate of drug-likeness (QED) is 0.801. The molecule has 2 rings (SSSR count). The van der Waals surface area contributed by atoms with Gasteiger partial charge >= 0.3 is 0 Å². The van der Waals surface area contributed by atoms with Crippen molar-refractivity contribution in [1.29, 1.82) is 0 Å². The standard InChI is InChI=1S/C17H21N3OS/c1-20(15-8-4-3-5-9-15)12-11-18-17(22)19-14-7-6-10-16(13-14)21-2/h3-10,13H,11-12H2,1-2H3,(H2,18,19,22). The van der Waals surface area contributed by atoms with Gasteiger partial charge in [0.05, 0.1) is 7.11 Å². The smallest absolute Gasteiger partial charge is 0.170 e. The molecular weight excluding hydrogens is 294 g/mol. The van der Waals surface area contributed by atoms with Crippen LogP contribution in [0.5, 0.6) is 5.75 Å². The first-order valence-corrected chi connectivity index (χ1v) is 7.55. The molecule has 0 atom stereocenters. The Hall–Kier alpha value is -2.27. The summed E-state index contributed by atoms with van der Waals surface area (Å²) in [5.41, 5.74) is 2.10. The average Bonchev–Trinajstić information content (AvgIpc) is 2.55. The molecule has 0 spiro atoms. The van der Waals surface area contributed by atoms with Crippen molar-refractivity contribution in [3.8, 4) is 5.75 Å². The second-order valence-electron chi connectivity index (χ2n) is 4.87. The molecule has 0 aliphatic carbocycles. The number of benzene rings is 2. The Morgan fingerprint density at radius 1 is 1.14 bits per heavy atom. The molecule has 2 N–H and O–H groups in total. The summed E-state index contributed by atoms with van der Waals surface area (Å²) in [4.78, 5) is 2.18. The Balaban J connectivity index is 1.76. The number of ether oxygens (including phenoxy) is 1. The molecule has 0 aromatic heterocycles. The molecule has 0 radical (unpaired) electrons. The summed E-state index contributed by atoms with van der Waals surface area (Å²) in [5, 5.41) is 6.97. The molecule has 0 amide bonds. The molecule has 4 nitrogen and oxygen atoms in total. The Kier molecular flexibility index (Phi) is 6.03. The van der Waals surface area contributed by atoms with Gasteiger partial charge < -0.3 is 20.3 Å². The van der Waals surface area contributed by atoms with Crippen LogP contribution < -0.4 is 20.3 Å². The van der Waals surface area contributed by atoms with Crippen LogP contribution in [0, 0.1) is 0 Å². The highest BCUT2D eigenvalue weighted by atomic mass is 32.1. The van der Waals surface area contributed by atoms with E-state index in [0.717, 1.165) is 24.5 Å². The first-order valence-electron chi connectivity index (χ1n) is 7.14. The molecule has 0 fully saturated rings. The van der Waals surface area contributed by atoms with E-state index in [-0.39, 0.29) is 0 Å². The van der Waals surface area contributed by atoms with Crippen molar-refractivity contribution in [3.63, 3.8) is 0 Å². The predicted octanol–water partition coefficient (Wildman–Crippen LogP) is 3.12. The highest BCUT2D eigenvalue weighted by molar-refractivity contribution is 7.80. The van der Waals surface area contributed by atoms with Crippen molar-refractivity contribution < 1.29 is 4.74 Å². The van der Waals surface area contributed by atoms with Gasteiger partial charge in [0.25, 0.3) is 0 Å². The Morgan fingerprint density at radius 2 is 1.91 bits per heavy atom. The van der Waals surface area contributed by atoms with Crippen molar-refractivity contribution in [2.24, 2.45) is 0 Å². The molecule has 2 aromatic rings. The number of rotatable bonds is 6. The third-order valence-electron chi connectivity index (χ3n) is 3.26. The summed E-state index contributed by atoms with van der Waals surface area (Å²) in [5.74, 6) is 0.802. The van der Waals surface area contributed by atoms with Gasteiger partial charge in [-0.15, -0.1) is 0 Å². The van der Waals surface area contributed by atoms with Gasteiger partial charge in [-0.3, -0.25) is 0 Å². The largest absolute Gasteiger partial charge is 0.497 e. The molecule has 0 aliphatic heterocycles. The minimum absolute atomic E-state index is 0.606. The lowest BCUT2D eigenvalue weighted by Gasteiger charge is -2.20. The van der Waals surface area contributed by atoms with E-state index >= 15 is 0 Å². The molecule has 0 unspecified atom stereocenters. The monoisotopic (exact) mass is 315 g/mol. The maximum Gasteiger partial charge on any atom is 0.170 e. The molecule has 2 aromatic carbocycles. The zero-order chi connectivity index (χ0) is 15.8. The zero-order valence-corrected chi connectivity index (χ0v) is 13.7. The fourth-order valence-corrected chi connectivity index (χ4v) is 2.24. The summed E-state index contributed by atoms with van der Waals surface area (Å²) in [6.45, 7) is 1.63. The van der Waals surface area contributed by atoms with Crippen LogP contribution in [0.3, 0.4) is 0 Å². The van der Waals surface area contributed by atoms with E-state index < -0.39 is 0 Å². The van der Waals surface area contributed by atoms with E-state index in [0.29, 0.717) is 5.11 Å². The van der Waals surface area contributed by atoms with Gasteiger partial charge in [0.15, 0.2) is 5.11 Å². The third kappa shape index (κ3) is 4.93. The number of para-hydroxylation sites is 1. The molecule has 0 saturated heterocycles. The summed E-state index contributed by atoms with van der Waals surface area (Å²) < 4.78 is 5.19. The number of hydrogen-bond acceptors (Lipinski definition) is 3. The van der Waals surface area contributed by atoms with Gasteiger partial charge in [0.2, 0.25) is 0 Å². The molecule has 22 heavy (non-hydrogen) atoms. The van der Waals surface area contributed by atoms with Crippen LogP contribution in [0.4, 0.5) is 11.4 Å². The average molecular weight is 315 g/mol. The van der Waals surface area contributed by atoms with E-state index in [1.165, 1.54) is 5.69 Å². The highest BCUT2D eigenvalue weighted by Gasteiger charge is 2.01. The Bertz CT molecular complexity index is 604. The highest BCUT2D eigenvalue weighted by Crippen LogP contribution is 2.16. The van der Waals surface area contributed by atoms with E-state index in [1.54, 1.807) is 7.11 Å². The van der Waals surface area contributed by atoms with Crippen molar-refractivity contribution >= 4 is 28.7 Å². The number of anilines is 2. The molecule has 116 valence electrons. The summed E-state index contributed by atoms with van der Waals surface area (Å²) in [6.07, 6.45) is 0. The minimum atomic E-state index is 0.606. The van der Waals surface area contributed by atoms with E-state index in [4.69, 9.17) is 17.0 Å². The van der Waals surface area contributed by atoms with Crippen LogP contribution in [-0.2, 0) is 0 Å². The lowest BCUT2D eigenvalue weighted by atomic mass is 10.3. The van der Waals surface area contributed by atoms with Gasteiger partial charge in [0, 0.05) is 37.6 Å². The molecule has 0 aliphatic rings. The Labute approximate surface area is 137 Å². The van der Waals surface area contributed by atoms with Gasteiger partial charge in [-0.1, -0.05) is 24.3 Å². The summed E-state index contributed by atoms with van der Waals surface area (Å²) in [7, 11) is 3.71. The van der Waals surface area contributed by atoms with E-state index in [2.05, 4.69) is 34.7 Å². The van der Waals surface area contributed by atoms with E-state index in [9.17, 15) is 0 Å². The van der Waals surface area contributed by atoms with Crippen molar-refractivity contribution in [2.45, 2.75) is 0 Å². The second kappa shape index (κ2) is 8.24. The lowest BCUT2D eigenvalue weighted by Crippen LogP contribution is -2.35. The van der Waals surface area contributed by atoms with Crippen LogP contribution in [-0.4, -0.2) is 32.4 Å². The van der Waals surface area contributed by atoms with Crippen LogP contribution in [0.1, 0.15) is 0 Å². The normalized spacial score (nSPS) is 9.91. The number of hydrogen-bond donors (Lipinski definition) is 2. The SMILES string of the molecule is COc1cccc(NC(=S)NCCN(C)c2ccccc2)c1. The number of nitrogens with zero attached hydrogens (tertiary/aromatic N) is 1. The number of likely N-dealkylation sites (N-methyl/N-ethyl adjacent to an activating group) is 1. The number of thiocarbonyl (C=S) groups is 1. The van der Waals surface area contributed by atoms with Gasteiger partial charge in [-0.25, -0.2) is 0 Å². The Morgan fingerprint density at radius 3 is 2.64 bits per heavy atom. The molecule has 0 heterocycles.